The molecule has 0 fully saturated rings. The Hall–Kier alpha value is -2.33. The summed E-state index contributed by atoms with van der Waals surface area (Å²) in [5.41, 5.74) is 9.75. The predicted octanol–water partition coefficient (Wildman–Crippen LogP) is 4.47. The van der Waals surface area contributed by atoms with E-state index in [1.165, 1.54) is 5.56 Å². The van der Waals surface area contributed by atoms with Crippen LogP contribution in [0.5, 0.6) is 5.75 Å². The molecule has 25 heavy (non-hydrogen) atoms. The zero-order valence-electron chi connectivity index (χ0n) is 15.3. The molecule has 4 nitrogen and oxygen atoms in total. The maximum Gasteiger partial charge on any atom is 0.126 e. The van der Waals surface area contributed by atoms with Crippen LogP contribution in [0.25, 0.3) is 11.0 Å². The summed E-state index contributed by atoms with van der Waals surface area (Å²) in [4.78, 5) is 4.79. The Morgan fingerprint density at radius 1 is 1.12 bits per heavy atom. The summed E-state index contributed by atoms with van der Waals surface area (Å²) in [6.07, 6.45) is 0.919. The molecule has 4 heteroatoms. The molecule has 1 aromatic heterocycles. The number of aryl methyl sites for hydroxylation is 1. The van der Waals surface area contributed by atoms with Crippen molar-refractivity contribution in [2.24, 2.45) is 11.7 Å². The highest BCUT2D eigenvalue weighted by molar-refractivity contribution is 5.76. The fraction of sp³-hybridized carbons (Fsp3) is 0.381. The van der Waals surface area contributed by atoms with Crippen molar-refractivity contribution in [3.05, 3.63) is 59.9 Å². The Morgan fingerprint density at radius 2 is 1.92 bits per heavy atom. The molecule has 0 amide bonds. The summed E-state index contributed by atoms with van der Waals surface area (Å²) in [7, 11) is 0. The van der Waals surface area contributed by atoms with E-state index in [9.17, 15) is 0 Å². The van der Waals surface area contributed by atoms with Gasteiger partial charge in [-0.15, -0.1) is 0 Å². The molecule has 132 valence electrons. The second-order valence-corrected chi connectivity index (χ2v) is 7.01. The van der Waals surface area contributed by atoms with Crippen LogP contribution in [0.1, 0.15) is 37.7 Å². The van der Waals surface area contributed by atoms with Gasteiger partial charge in [0, 0.05) is 0 Å². The van der Waals surface area contributed by atoms with Gasteiger partial charge in [0.25, 0.3) is 0 Å². The molecule has 0 aliphatic heterocycles. The van der Waals surface area contributed by atoms with Gasteiger partial charge in [-0.25, -0.2) is 4.98 Å². The normalized spacial score (nSPS) is 12.7. The van der Waals surface area contributed by atoms with E-state index in [2.05, 4.69) is 43.5 Å². The molecular weight excluding hydrogens is 310 g/mol. The number of hydrogen-bond acceptors (Lipinski definition) is 3. The lowest BCUT2D eigenvalue weighted by Crippen LogP contribution is -2.20. The van der Waals surface area contributed by atoms with Crippen LogP contribution in [0.15, 0.2) is 48.5 Å². The summed E-state index contributed by atoms with van der Waals surface area (Å²) in [6.45, 7) is 7.77. The lowest BCUT2D eigenvalue weighted by atomic mass is 10.0. The fourth-order valence-corrected chi connectivity index (χ4v) is 3.19. The highest BCUT2D eigenvalue weighted by Gasteiger charge is 2.18. The second kappa shape index (κ2) is 7.70. The molecular formula is C21H27N3O. The molecule has 0 radical (unpaired) electrons. The van der Waals surface area contributed by atoms with Crippen molar-refractivity contribution in [2.45, 2.75) is 39.8 Å². The van der Waals surface area contributed by atoms with Crippen LogP contribution in [0, 0.1) is 12.8 Å². The number of hydrogen-bond donors (Lipinski definition) is 1. The van der Waals surface area contributed by atoms with Crippen LogP contribution in [0.2, 0.25) is 0 Å². The number of nitrogens with two attached hydrogens (primary N) is 1. The van der Waals surface area contributed by atoms with Crippen LogP contribution < -0.4 is 10.5 Å². The number of nitrogens with zero attached hydrogens (tertiary/aromatic N) is 2. The van der Waals surface area contributed by atoms with Gasteiger partial charge in [-0.1, -0.05) is 38.1 Å². The lowest BCUT2D eigenvalue weighted by molar-refractivity contribution is 0.296. The SMILES string of the molecule is Cc1cccc(OCCn2c(C(N)CC(C)C)nc3ccccc32)c1. The Labute approximate surface area is 149 Å². The number of imidazole rings is 1. The Morgan fingerprint density at radius 3 is 2.68 bits per heavy atom. The van der Waals surface area contributed by atoms with E-state index in [0.29, 0.717) is 12.5 Å². The van der Waals surface area contributed by atoms with E-state index in [-0.39, 0.29) is 6.04 Å². The van der Waals surface area contributed by atoms with Crippen LogP contribution in [0.4, 0.5) is 0 Å². The third-order valence-electron chi connectivity index (χ3n) is 4.31. The molecule has 1 atom stereocenters. The minimum atomic E-state index is -0.0635. The van der Waals surface area contributed by atoms with Gasteiger partial charge in [0.05, 0.1) is 23.6 Å². The van der Waals surface area contributed by atoms with Crippen molar-refractivity contribution in [2.75, 3.05) is 6.61 Å². The van der Waals surface area contributed by atoms with Crippen molar-refractivity contribution in [3.63, 3.8) is 0 Å². The molecule has 3 aromatic rings. The van der Waals surface area contributed by atoms with E-state index in [4.69, 9.17) is 15.5 Å². The highest BCUT2D eigenvalue weighted by atomic mass is 16.5. The molecule has 3 rings (SSSR count). The number of benzene rings is 2. The van der Waals surface area contributed by atoms with Crippen LogP contribution in [0.3, 0.4) is 0 Å². The zero-order chi connectivity index (χ0) is 17.8. The Kier molecular flexibility index (Phi) is 5.39. The first-order chi connectivity index (χ1) is 12.0. The largest absolute Gasteiger partial charge is 0.492 e. The average molecular weight is 337 g/mol. The van der Waals surface area contributed by atoms with Crippen molar-refractivity contribution in [3.8, 4) is 5.75 Å². The number of aromatic nitrogens is 2. The minimum Gasteiger partial charge on any atom is -0.492 e. The predicted molar refractivity (Wildman–Crippen MR) is 103 cm³/mol. The van der Waals surface area contributed by atoms with Gasteiger partial charge in [-0.2, -0.15) is 0 Å². The summed E-state index contributed by atoms with van der Waals surface area (Å²) in [6, 6.07) is 16.3. The van der Waals surface area contributed by atoms with Crippen LogP contribution in [-0.2, 0) is 6.54 Å². The van der Waals surface area contributed by atoms with E-state index >= 15 is 0 Å². The monoisotopic (exact) mass is 337 g/mol. The average Bonchev–Trinajstić information content (AvgIpc) is 2.93. The van der Waals surface area contributed by atoms with Crippen LogP contribution in [-0.4, -0.2) is 16.2 Å². The van der Waals surface area contributed by atoms with E-state index in [1.807, 2.05) is 30.3 Å². The third kappa shape index (κ3) is 4.20. The number of fused-ring (bicyclic) bond motifs is 1. The van der Waals surface area contributed by atoms with Gasteiger partial charge in [-0.3, -0.25) is 0 Å². The van der Waals surface area contributed by atoms with Crippen molar-refractivity contribution in [1.82, 2.24) is 9.55 Å². The van der Waals surface area contributed by atoms with Gasteiger partial charge >= 0.3 is 0 Å². The molecule has 0 saturated heterocycles. The molecule has 1 unspecified atom stereocenters. The Bertz CT molecular complexity index is 838. The molecule has 0 bridgehead atoms. The summed E-state index contributed by atoms with van der Waals surface area (Å²) >= 11 is 0. The van der Waals surface area contributed by atoms with Gasteiger partial charge in [0.15, 0.2) is 0 Å². The number of rotatable bonds is 7. The first-order valence-electron chi connectivity index (χ1n) is 8.95. The molecule has 0 aliphatic carbocycles. The maximum absolute atomic E-state index is 6.44. The van der Waals surface area contributed by atoms with Crippen molar-refractivity contribution < 1.29 is 4.74 Å². The molecule has 0 aliphatic rings. The topological polar surface area (TPSA) is 53.1 Å². The van der Waals surface area contributed by atoms with Crippen molar-refractivity contribution >= 4 is 11.0 Å². The number of ether oxygens (including phenoxy) is 1. The smallest absolute Gasteiger partial charge is 0.126 e. The first-order valence-corrected chi connectivity index (χ1v) is 8.95. The summed E-state index contributed by atoms with van der Waals surface area (Å²) < 4.78 is 8.14. The molecule has 2 N–H and O–H groups in total. The number of para-hydroxylation sites is 2. The van der Waals surface area contributed by atoms with Gasteiger partial charge < -0.3 is 15.0 Å². The van der Waals surface area contributed by atoms with E-state index in [1.54, 1.807) is 0 Å². The van der Waals surface area contributed by atoms with E-state index in [0.717, 1.165) is 35.6 Å². The van der Waals surface area contributed by atoms with Gasteiger partial charge in [0.1, 0.15) is 18.2 Å². The molecule has 2 aromatic carbocycles. The first kappa shape index (κ1) is 17.5. The summed E-state index contributed by atoms with van der Waals surface area (Å²) in [5, 5.41) is 0. The molecule has 0 saturated carbocycles. The quantitative estimate of drug-likeness (QED) is 0.692. The standard InChI is InChI=1S/C21H27N3O/c1-15(2)13-18(22)21-23-19-9-4-5-10-20(19)24(21)11-12-25-17-8-6-7-16(3)14-17/h4-10,14-15,18H,11-13,22H2,1-3H3. The molecule has 0 spiro atoms. The molecule has 1 heterocycles. The summed E-state index contributed by atoms with van der Waals surface area (Å²) in [5.74, 6) is 2.38. The second-order valence-electron chi connectivity index (χ2n) is 7.01. The van der Waals surface area contributed by atoms with Gasteiger partial charge in [0.2, 0.25) is 0 Å². The lowest BCUT2D eigenvalue weighted by Gasteiger charge is -2.17. The Balaban J connectivity index is 1.81. The van der Waals surface area contributed by atoms with E-state index < -0.39 is 0 Å². The maximum atomic E-state index is 6.44. The van der Waals surface area contributed by atoms with Crippen LogP contribution >= 0.6 is 0 Å². The van der Waals surface area contributed by atoms with Crippen molar-refractivity contribution in [1.29, 1.82) is 0 Å². The highest BCUT2D eigenvalue weighted by Crippen LogP contribution is 2.24. The third-order valence-corrected chi connectivity index (χ3v) is 4.31. The fourth-order valence-electron chi connectivity index (χ4n) is 3.19. The zero-order valence-corrected chi connectivity index (χ0v) is 15.3. The minimum absolute atomic E-state index is 0.0635. The van der Waals surface area contributed by atoms with Gasteiger partial charge in [-0.05, 0) is 49.1 Å².